The minimum absolute atomic E-state index is 0.840. The molecule has 0 amide bonds. The van der Waals surface area contributed by atoms with E-state index < -0.39 is 0 Å². The Labute approximate surface area is 313 Å². The van der Waals surface area contributed by atoms with Crippen molar-refractivity contribution in [2.45, 2.75) is 0 Å². The van der Waals surface area contributed by atoms with E-state index in [9.17, 15) is 0 Å². The van der Waals surface area contributed by atoms with Crippen molar-refractivity contribution in [3.05, 3.63) is 194 Å². The molecule has 54 heavy (non-hydrogen) atoms. The smallest absolute Gasteiger partial charge is 0.0736 e. The van der Waals surface area contributed by atoms with E-state index in [4.69, 9.17) is 10.4 Å². The van der Waals surface area contributed by atoms with Crippen molar-refractivity contribution in [1.29, 1.82) is 5.41 Å². The molecule has 0 saturated heterocycles. The van der Waals surface area contributed by atoms with Crippen LogP contribution in [0, 0.1) is 5.41 Å². The molecule has 0 saturated carbocycles. The molecule has 2 heterocycles. The highest BCUT2D eigenvalue weighted by Gasteiger charge is 2.21. The molecule has 2 aromatic heterocycles. The van der Waals surface area contributed by atoms with Crippen molar-refractivity contribution in [1.82, 2.24) is 9.55 Å². The van der Waals surface area contributed by atoms with E-state index in [1.807, 2.05) is 24.3 Å². The molecule has 0 fully saturated rings. The Morgan fingerprint density at radius 2 is 1.15 bits per heavy atom. The van der Waals surface area contributed by atoms with Gasteiger partial charge in [-0.2, -0.15) is 0 Å². The van der Waals surface area contributed by atoms with E-state index in [0.717, 1.165) is 83.5 Å². The fourth-order valence-corrected chi connectivity index (χ4v) is 7.94. The van der Waals surface area contributed by atoms with Gasteiger partial charge in [0.25, 0.3) is 0 Å². The average molecular weight is 691 g/mol. The summed E-state index contributed by atoms with van der Waals surface area (Å²) in [6.45, 7) is 0. The van der Waals surface area contributed by atoms with Crippen LogP contribution in [0.15, 0.2) is 188 Å². The first-order valence-electron chi connectivity index (χ1n) is 18.2. The van der Waals surface area contributed by atoms with Gasteiger partial charge < -0.3 is 15.3 Å². The number of para-hydroxylation sites is 2. The molecule has 0 aliphatic rings. The van der Waals surface area contributed by atoms with Crippen molar-refractivity contribution in [2.24, 2.45) is 0 Å². The maximum absolute atomic E-state index is 8.82. The summed E-state index contributed by atoms with van der Waals surface area (Å²) in [4.78, 5) is 5.35. The van der Waals surface area contributed by atoms with Crippen molar-refractivity contribution < 1.29 is 0 Å². The minimum atomic E-state index is 0.840. The molecule has 0 bridgehead atoms. The van der Waals surface area contributed by atoms with E-state index in [1.165, 1.54) is 22.4 Å². The first kappa shape index (κ1) is 31.4. The highest BCUT2D eigenvalue weighted by atomic mass is 15.0. The Bertz CT molecular complexity index is 2960. The Morgan fingerprint density at radius 1 is 0.481 bits per heavy atom. The third-order valence-corrected chi connectivity index (χ3v) is 10.5. The molecular formula is C50H34N4. The van der Waals surface area contributed by atoms with Crippen LogP contribution in [0.3, 0.4) is 0 Å². The van der Waals surface area contributed by atoms with Gasteiger partial charge >= 0.3 is 0 Å². The number of rotatable bonds is 7. The first-order valence-corrected chi connectivity index (χ1v) is 18.2. The van der Waals surface area contributed by atoms with Crippen LogP contribution in [-0.2, 0) is 0 Å². The average Bonchev–Trinajstić information content (AvgIpc) is 3.56. The van der Waals surface area contributed by atoms with Crippen molar-refractivity contribution in [2.75, 3.05) is 5.32 Å². The first-order chi connectivity index (χ1) is 26.7. The van der Waals surface area contributed by atoms with Crippen LogP contribution in [0.1, 0.15) is 5.56 Å². The van der Waals surface area contributed by atoms with Gasteiger partial charge in [0.15, 0.2) is 0 Å². The molecule has 0 unspecified atom stereocenters. The molecule has 0 spiro atoms. The number of hydrogen-bond donors (Lipinski definition) is 2. The predicted octanol–water partition coefficient (Wildman–Crippen LogP) is 13.2. The molecular weight excluding hydrogens is 657 g/mol. The third kappa shape index (κ3) is 5.32. The molecule has 0 atom stereocenters. The van der Waals surface area contributed by atoms with Gasteiger partial charge in [-0.25, -0.2) is 4.98 Å². The van der Waals surface area contributed by atoms with E-state index in [1.54, 1.807) is 0 Å². The van der Waals surface area contributed by atoms with Crippen molar-refractivity contribution >= 4 is 60.9 Å². The molecule has 0 radical (unpaired) electrons. The number of fused-ring (bicyclic) bond motifs is 6. The van der Waals surface area contributed by atoms with Crippen LogP contribution >= 0.6 is 0 Å². The minimum Gasteiger partial charge on any atom is -0.355 e. The number of pyridine rings is 1. The van der Waals surface area contributed by atoms with Crippen molar-refractivity contribution in [3.8, 4) is 39.3 Å². The summed E-state index contributed by atoms with van der Waals surface area (Å²) in [5.41, 5.74) is 12.0. The Morgan fingerprint density at radius 3 is 1.94 bits per heavy atom. The lowest BCUT2D eigenvalue weighted by atomic mass is 9.98. The summed E-state index contributed by atoms with van der Waals surface area (Å²) in [7, 11) is 0. The highest BCUT2D eigenvalue weighted by Crippen LogP contribution is 2.42. The van der Waals surface area contributed by atoms with E-state index in [2.05, 4.69) is 174 Å². The highest BCUT2D eigenvalue weighted by molar-refractivity contribution is 6.23. The van der Waals surface area contributed by atoms with Crippen LogP contribution in [0.4, 0.5) is 11.4 Å². The lowest BCUT2D eigenvalue weighted by Gasteiger charge is -2.16. The standard InChI is InChI=1S/C50H34N4/c51-32-43-44(52-38-19-8-3-9-20-38)26-27-48-50(43)42-31-41-36(25-24-34-16-10-11-21-39(34)41)30-49(42)54(48)47-23-13-12-22-40(47)46-29-37(33-14-4-1-5-15-33)28-45(53-46)35-17-6-2-7-18-35/h1-32,51-52H. The number of anilines is 2. The lowest BCUT2D eigenvalue weighted by molar-refractivity contribution is 1.17. The Hall–Kier alpha value is -7.30. The molecule has 254 valence electrons. The van der Waals surface area contributed by atoms with Crippen LogP contribution in [-0.4, -0.2) is 15.8 Å². The molecule has 0 aliphatic heterocycles. The SMILES string of the molecule is N=Cc1c(Nc2ccccc2)ccc2c1c1cc3c(ccc4ccccc43)cc1n2-c1ccccc1-c1cc(-c2ccccc2)cc(-c2ccccc2)n1. The topological polar surface area (TPSA) is 53.7 Å². The van der Waals surface area contributed by atoms with E-state index in [-0.39, 0.29) is 0 Å². The van der Waals surface area contributed by atoms with Gasteiger partial charge in [-0.15, -0.1) is 0 Å². The van der Waals surface area contributed by atoms with Crippen molar-refractivity contribution in [3.63, 3.8) is 0 Å². The van der Waals surface area contributed by atoms with E-state index in [0.29, 0.717) is 0 Å². The molecule has 2 N–H and O–H groups in total. The molecule has 10 rings (SSSR count). The summed E-state index contributed by atoms with van der Waals surface area (Å²) in [6, 6.07) is 66.0. The van der Waals surface area contributed by atoms with Gasteiger partial charge in [0.05, 0.1) is 28.1 Å². The second-order valence-corrected chi connectivity index (χ2v) is 13.6. The van der Waals surface area contributed by atoms with Gasteiger partial charge in [-0.3, -0.25) is 0 Å². The van der Waals surface area contributed by atoms with Gasteiger partial charge in [0, 0.05) is 45.1 Å². The molecule has 0 aliphatic carbocycles. The molecule has 8 aromatic carbocycles. The summed E-state index contributed by atoms with van der Waals surface area (Å²) < 4.78 is 2.37. The number of nitrogens with zero attached hydrogens (tertiary/aromatic N) is 2. The predicted molar refractivity (Wildman–Crippen MR) is 228 cm³/mol. The maximum atomic E-state index is 8.82. The number of aromatic nitrogens is 2. The Kier molecular flexibility index (Phi) is 7.59. The second-order valence-electron chi connectivity index (χ2n) is 13.6. The Balaban J connectivity index is 1.28. The number of benzene rings is 8. The lowest BCUT2D eigenvalue weighted by Crippen LogP contribution is -2.00. The largest absolute Gasteiger partial charge is 0.355 e. The van der Waals surface area contributed by atoms with Gasteiger partial charge in [0.2, 0.25) is 0 Å². The van der Waals surface area contributed by atoms with Gasteiger partial charge in [-0.05, 0) is 87.3 Å². The normalized spacial score (nSPS) is 11.4. The quantitative estimate of drug-likeness (QED) is 0.129. The van der Waals surface area contributed by atoms with Crippen LogP contribution in [0.5, 0.6) is 0 Å². The second kappa shape index (κ2) is 13.0. The maximum Gasteiger partial charge on any atom is 0.0736 e. The van der Waals surface area contributed by atoms with Crippen LogP contribution < -0.4 is 5.32 Å². The fraction of sp³-hybridized carbons (Fsp3) is 0. The number of hydrogen-bond acceptors (Lipinski definition) is 3. The van der Waals surface area contributed by atoms with Crippen LogP contribution in [0.2, 0.25) is 0 Å². The molecule has 4 nitrogen and oxygen atoms in total. The summed E-state index contributed by atoms with van der Waals surface area (Å²) >= 11 is 0. The zero-order valence-electron chi connectivity index (χ0n) is 29.4. The van der Waals surface area contributed by atoms with Gasteiger partial charge in [0.1, 0.15) is 0 Å². The molecule has 10 aromatic rings. The van der Waals surface area contributed by atoms with Crippen LogP contribution in [0.25, 0.3) is 82.7 Å². The zero-order chi connectivity index (χ0) is 36.0. The third-order valence-electron chi connectivity index (χ3n) is 10.5. The van der Waals surface area contributed by atoms with E-state index >= 15 is 0 Å². The summed E-state index contributed by atoms with van der Waals surface area (Å²) in [5, 5.41) is 19.3. The fourth-order valence-electron chi connectivity index (χ4n) is 7.94. The summed E-state index contributed by atoms with van der Waals surface area (Å²) in [5.74, 6) is 0. The number of nitrogens with one attached hydrogen (secondary N) is 2. The zero-order valence-corrected chi connectivity index (χ0v) is 29.4. The monoisotopic (exact) mass is 690 g/mol. The summed E-state index contributed by atoms with van der Waals surface area (Å²) in [6.07, 6.45) is 1.49. The van der Waals surface area contributed by atoms with Gasteiger partial charge in [-0.1, -0.05) is 133 Å². The molecule has 4 heteroatoms.